The quantitative estimate of drug-likeness (QED) is 0.919. The molecule has 3 nitrogen and oxygen atoms in total. The zero-order chi connectivity index (χ0) is 13.0. The van der Waals surface area contributed by atoms with E-state index in [9.17, 15) is 0 Å². The van der Waals surface area contributed by atoms with Gasteiger partial charge in [0, 0.05) is 23.3 Å². The highest BCUT2D eigenvalue weighted by molar-refractivity contribution is 9.10. The molecule has 1 heterocycles. The standard InChI is InChI=1S/C14H18BrN3/c1-3-8-16-14(12-9-17-18(2)10-12)11-4-6-13(15)7-5-11/h4-7,9-10,14,16H,3,8H2,1-2H3. The Morgan fingerprint density at radius 3 is 2.56 bits per heavy atom. The molecule has 1 N–H and O–H groups in total. The van der Waals surface area contributed by atoms with Gasteiger partial charge in [0.1, 0.15) is 0 Å². The van der Waals surface area contributed by atoms with Crippen molar-refractivity contribution < 1.29 is 0 Å². The lowest BCUT2D eigenvalue weighted by Crippen LogP contribution is -2.22. The third-order valence-corrected chi connectivity index (χ3v) is 3.39. The highest BCUT2D eigenvalue weighted by atomic mass is 79.9. The normalized spacial score (nSPS) is 12.6. The number of aryl methyl sites for hydroxylation is 1. The van der Waals surface area contributed by atoms with Crippen LogP contribution >= 0.6 is 15.9 Å². The lowest BCUT2D eigenvalue weighted by molar-refractivity contribution is 0.598. The number of nitrogens with one attached hydrogen (secondary N) is 1. The van der Waals surface area contributed by atoms with E-state index in [4.69, 9.17) is 0 Å². The highest BCUT2D eigenvalue weighted by Gasteiger charge is 2.14. The fourth-order valence-electron chi connectivity index (χ4n) is 1.96. The summed E-state index contributed by atoms with van der Waals surface area (Å²) in [6.07, 6.45) is 5.11. The number of hydrogen-bond acceptors (Lipinski definition) is 2. The average molecular weight is 308 g/mol. The third kappa shape index (κ3) is 3.21. The molecule has 2 aromatic rings. The predicted molar refractivity (Wildman–Crippen MR) is 77.5 cm³/mol. The van der Waals surface area contributed by atoms with Crippen LogP contribution in [-0.4, -0.2) is 16.3 Å². The molecule has 1 aromatic heterocycles. The first-order chi connectivity index (χ1) is 8.70. The van der Waals surface area contributed by atoms with Crippen LogP contribution in [0, 0.1) is 0 Å². The van der Waals surface area contributed by atoms with Gasteiger partial charge in [-0.1, -0.05) is 35.0 Å². The molecule has 1 unspecified atom stereocenters. The maximum absolute atomic E-state index is 4.26. The second-order valence-electron chi connectivity index (χ2n) is 4.39. The maximum Gasteiger partial charge on any atom is 0.0607 e. The van der Waals surface area contributed by atoms with Gasteiger partial charge < -0.3 is 5.32 Å². The van der Waals surface area contributed by atoms with Crippen molar-refractivity contribution in [3.63, 3.8) is 0 Å². The summed E-state index contributed by atoms with van der Waals surface area (Å²) in [5.74, 6) is 0. The molecule has 1 atom stereocenters. The fourth-order valence-corrected chi connectivity index (χ4v) is 2.23. The van der Waals surface area contributed by atoms with E-state index in [0.717, 1.165) is 17.4 Å². The van der Waals surface area contributed by atoms with Gasteiger partial charge in [-0.15, -0.1) is 0 Å². The molecule has 18 heavy (non-hydrogen) atoms. The van der Waals surface area contributed by atoms with Crippen molar-refractivity contribution in [3.05, 3.63) is 52.3 Å². The zero-order valence-corrected chi connectivity index (χ0v) is 12.3. The molecular formula is C14H18BrN3. The van der Waals surface area contributed by atoms with Gasteiger partial charge >= 0.3 is 0 Å². The van der Waals surface area contributed by atoms with E-state index < -0.39 is 0 Å². The number of rotatable bonds is 5. The van der Waals surface area contributed by atoms with Crippen molar-refractivity contribution in [3.8, 4) is 0 Å². The molecular weight excluding hydrogens is 290 g/mol. The van der Waals surface area contributed by atoms with Gasteiger partial charge in [0.25, 0.3) is 0 Å². The molecule has 96 valence electrons. The van der Waals surface area contributed by atoms with Gasteiger partial charge in [0.2, 0.25) is 0 Å². The first kappa shape index (κ1) is 13.3. The molecule has 0 saturated heterocycles. The van der Waals surface area contributed by atoms with Gasteiger partial charge in [0.15, 0.2) is 0 Å². The van der Waals surface area contributed by atoms with Gasteiger partial charge in [-0.2, -0.15) is 5.10 Å². The molecule has 1 aromatic carbocycles. The Morgan fingerprint density at radius 1 is 1.28 bits per heavy atom. The van der Waals surface area contributed by atoms with Crippen molar-refractivity contribution in [1.29, 1.82) is 0 Å². The monoisotopic (exact) mass is 307 g/mol. The molecule has 4 heteroatoms. The Hall–Kier alpha value is -1.13. The third-order valence-electron chi connectivity index (χ3n) is 2.86. The van der Waals surface area contributed by atoms with Gasteiger partial charge in [-0.05, 0) is 30.7 Å². The number of hydrogen-bond donors (Lipinski definition) is 1. The van der Waals surface area contributed by atoms with Gasteiger partial charge in [0.05, 0.1) is 12.2 Å². The number of benzene rings is 1. The van der Waals surface area contributed by atoms with Crippen molar-refractivity contribution in [2.75, 3.05) is 6.54 Å². The summed E-state index contributed by atoms with van der Waals surface area (Å²) in [6, 6.07) is 8.65. The predicted octanol–water partition coefficient (Wildman–Crippen LogP) is 3.27. The summed E-state index contributed by atoms with van der Waals surface area (Å²) in [7, 11) is 1.95. The van der Waals surface area contributed by atoms with E-state index in [1.54, 1.807) is 0 Å². The summed E-state index contributed by atoms with van der Waals surface area (Å²) in [5, 5.41) is 7.82. The molecule has 0 spiro atoms. The summed E-state index contributed by atoms with van der Waals surface area (Å²) in [6.45, 7) is 3.17. The highest BCUT2D eigenvalue weighted by Crippen LogP contribution is 2.23. The minimum absolute atomic E-state index is 0.215. The van der Waals surface area contributed by atoms with Crippen LogP contribution in [0.3, 0.4) is 0 Å². The Bertz CT molecular complexity index is 490. The van der Waals surface area contributed by atoms with Crippen molar-refractivity contribution in [1.82, 2.24) is 15.1 Å². The lowest BCUT2D eigenvalue weighted by atomic mass is 10.0. The van der Waals surface area contributed by atoms with E-state index in [0.29, 0.717) is 0 Å². The van der Waals surface area contributed by atoms with Crippen molar-refractivity contribution in [2.24, 2.45) is 7.05 Å². The molecule has 0 fully saturated rings. The second-order valence-corrected chi connectivity index (χ2v) is 5.30. The van der Waals surface area contributed by atoms with E-state index in [1.807, 2.05) is 17.9 Å². The van der Waals surface area contributed by atoms with Crippen LogP contribution in [-0.2, 0) is 7.05 Å². The van der Waals surface area contributed by atoms with Crippen LogP contribution in [0.2, 0.25) is 0 Å². The molecule has 0 bridgehead atoms. The fraction of sp³-hybridized carbons (Fsp3) is 0.357. The maximum atomic E-state index is 4.26. The Balaban J connectivity index is 2.27. The first-order valence-electron chi connectivity index (χ1n) is 6.18. The van der Waals surface area contributed by atoms with Gasteiger partial charge in [-0.3, -0.25) is 4.68 Å². The summed E-state index contributed by atoms with van der Waals surface area (Å²) >= 11 is 3.47. The number of aromatic nitrogens is 2. The Morgan fingerprint density at radius 2 is 2.00 bits per heavy atom. The SMILES string of the molecule is CCCNC(c1ccc(Br)cc1)c1cnn(C)c1. The molecule has 0 aliphatic heterocycles. The minimum Gasteiger partial charge on any atom is -0.306 e. The molecule has 0 aliphatic rings. The van der Waals surface area contributed by atoms with Crippen LogP contribution in [0.4, 0.5) is 0 Å². The molecule has 0 amide bonds. The van der Waals surface area contributed by atoms with E-state index in [-0.39, 0.29) is 6.04 Å². The number of halogens is 1. The Labute approximate surface area is 116 Å². The molecule has 0 aliphatic carbocycles. The smallest absolute Gasteiger partial charge is 0.0607 e. The van der Waals surface area contributed by atoms with Crippen LogP contribution in [0.1, 0.15) is 30.5 Å². The molecule has 2 rings (SSSR count). The van der Waals surface area contributed by atoms with E-state index >= 15 is 0 Å². The topological polar surface area (TPSA) is 29.9 Å². The lowest BCUT2D eigenvalue weighted by Gasteiger charge is -2.17. The summed E-state index contributed by atoms with van der Waals surface area (Å²) < 4.78 is 2.95. The van der Waals surface area contributed by atoms with Gasteiger partial charge in [-0.25, -0.2) is 0 Å². The summed E-state index contributed by atoms with van der Waals surface area (Å²) in [5.41, 5.74) is 2.47. The van der Waals surface area contributed by atoms with Crippen molar-refractivity contribution >= 4 is 15.9 Å². The van der Waals surface area contributed by atoms with Crippen LogP contribution in [0.25, 0.3) is 0 Å². The van der Waals surface area contributed by atoms with Crippen molar-refractivity contribution in [2.45, 2.75) is 19.4 Å². The molecule has 0 saturated carbocycles. The average Bonchev–Trinajstić information content (AvgIpc) is 2.78. The summed E-state index contributed by atoms with van der Waals surface area (Å²) in [4.78, 5) is 0. The number of nitrogens with zero attached hydrogens (tertiary/aromatic N) is 2. The van der Waals surface area contributed by atoms with Crippen LogP contribution in [0.15, 0.2) is 41.1 Å². The Kier molecular flexibility index (Phi) is 4.55. The minimum atomic E-state index is 0.215. The largest absolute Gasteiger partial charge is 0.306 e. The van der Waals surface area contributed by atoms with Crippen LogP contribution < -0.4 is 5.32 Å². The first-order valence-corrected chi connectivity index (χ1v) is 6.97. The second kappa shape index (κ2) is 6.16. The van der Waals surface area contributed by atoms with Crippen LogP contribution in [0.5, 0.6) is 0 Å². The molecule has 0 radical (unpaired) electrons. The van der Waals surface area contributed by atoms with E-state index in [2.05, 4.69) is 63.7 Å². The van der Waals surface area contributed by atoms with E-state index in [1.165, 1.54) is 11.1 Å². The zero-order valence-electron chi connectivity index (χ0n) is 10.7.